The highest BCUT2D eigenvalue weighted by molar-refractivity contribution is 5.92. The summed E-state index contributed by atoms with van der Waals surface area (Å²) in [5, 5.41) is 0. The fourth-order valence-electron chi connectivity index (χ4n) is 0.817. The maximum atomic E-state index is 12.3. The lowest BCUT2D eigenvalue weighted by Gasteiger charge is -2.04. The highest BCUT2D eigenvalue weighted by Crippen LogP contribution is 2.17. The standard InChI is InChI=1S/C7H8FNO/c8-6-3-1-5(2-4-6)7(9)10/h1,3H,2,4H2,(H2,9,10). The minimum Gasteiger partial charge on any atom is -0.366 e. The number of carbonyl (C=O) groups excluding carboxylic acids is 1. The second-order valence-corrected chi connectivity index (χ2v) is 2.17. The first-order valence-corrected chi connectivity index (χ1v) is 3.05. The average Bonchev–Trinajstić information content (AvgIpc) is 1.88. The van der Waals surface area contributed by atoms with Crippen molar-refractivity contribution >= 4 is 5.91 Å². The fourth-order valence-corrected chi connectivity index (χ4v) is 0.817. The maximum Gasteiger partial charge on any atom is 0.244 e. The predicted octanol–water partition coefficient (Wildman–Crippen LogP) is 1.05. The Balaban J connectivity index is 2.74. The van der Waals surface area contributed by atoms with Gasteiger partial charge in [-0.2, -0.15) is 0 Å². The Hall–Kier alpha value is -1.12. The molecule has 0 aliphatic heterocycles. The molecule has 0 fully saturated rings. The monoisotopic (exact) mass is 141 g/mol. The van der Waals surface area contributed by atoms with Gasteiger partial charge in [-0.05, 0) is 12.5 Å². The first-order valence-electron chi connectivity index (χ1n) is 3.05. The van der Waals surface area contributed by atoms with Crippen LogP contribution in [0.5, 0.6) is 0 Å². The molecule has 0 heterocycles. The third-order valence-corrected chi connectivity index (χ3v) is 1.42. The van der Waals surface area contributed by atoms with Gasteiger partial charge in [0.25, 0.3) is 0 Å². The molecule has 0 saturated heterocycles. The van der Waals surface area contributed by atoms with Crippen LogP contribution in [0.25, 0.3) is 0 Å². The van der Waals surface area contributed by atoms with Crippen LogP contribution in [0.2, 0.25) is 0 Å². The van der Waals surface area contributed by atoms with Gasteiger partial charge in [0, 0.05) is 12.0 Å². The molecule has 0 atom stereocenters. The van der Waals surface area contributed by atoms with Gasteiger partial charge in [-0.15, -0.1) is 0 Å². The largest absolute Gasteiger partial charge is 0.366 e. The summed E-state index contributed by atoms with van der Waals surface area (Å²) in [6.07, 6.45) is 3.44. The molecule has 1 amide bonds. The van der Waals surface area contributed by atoms with E-state index in [-0.39, 0.29) is 5.83 Å². The van der Waals surface area contributed by atoms with Crippen molar-refractivity contribution < 1.29 is 9.18 Å². The van der Waals surface area contributed by atoms with E-state index in [1.54, 1.807) is 0 Å². The Morgan fingerprint density at radius 1 is 1.50 bits per heavy atom. The van der Waals surface area contributed by atoms with Gasteiger partial charge in [0.2, 0.25) is 5.91 Å². The molecule has 3 heteroatoms. The van der Waals surface area contributed by atoms with Crippen molar-refractivity contribution in [2.45, 2.75) is 12.8 Å². The lowest BCUT2D eigenvalue weighted by molar-refractivity contribution is -0.114. The number of carbonyl (C=O) groups is 1. The zero-order valence-corrected chi connectivity index (χ0v) is 5.43. The molecule has 0 spiro atoms. The van der Waals surface area contributed by atoms with Gasteiger partial charge in [0.15, 0.2) is 0 Å². The number of halogens is 1. The van der Waals surface area contributed by atoms with Crippen molar-refractivity contribution in [1.82, 2.24) is 0 Å². The zero-order chi connectivity index (χ0) is 7.56. The van der Waals surface area contributed by atoms with Gasteiger partial charge >= 0.3 is 0 Å². The molecular formula is C7H8FNO. The molecule has 0 aromatic rings. The molecule has 2 nitrogen and oxygen atoms in total. The van der Waals surface area contributed by atoms with Crippen LogP contribution in [0.3, 0.4) is 0 Å². The number of hydrogen-bond acceptors (Lipinski definition) is 1. The van der Waals surface area contributed by atoms with Crippen LogP contribution < -0.4 is 5.73 Å². The van der Waals surface area contributed by atoms with Crippen molar-refractivity contribution in [1.29, 1.82) is 0 Å². The molecule has 10 heavy (non-hydrogen) atoms. The molecule has 0 aromatic carbocycles. The molecule has 0 saturated carbocycles. The summed E-state index contributed by atoms with van der Waals surface area (Å²) >= 11 is 0. The van der Waals surface area contributed by atoms with E-state index in [9.17, 15) is 9.18 Å². The van der Waals surface area contributed by atoms with Crippen LogP contribution in [0.15, 0.2) is 23.6 Å². The first kappa shape index (κ1) is 6.99. The van der Waals surface area contributed by atoms with Gasteiger partial charge < -0.3 is 5.73 Å². The van der Waals surface area contributed by atoms with E-state index >= 15 is 0 Å². The lowest BCUT2D eigenvalue weighted by atomic mass is 10.0. The molecule has 0 bridgehead atoms. The van der Waals surface area contributed by atoms with Crippen molar-refractivity contribution in [2.75, 3.05) is 0 Å². The minimum atomic E-state index is -0.455. The normalized spacial score (nSPS) is 17.7. The molecule has 1 aliphatic rings. The molecule has 0 unspecified atom stereocenters. The van der Waals surface area contributed by atoms with E-state index in [0.29, 0.717) is 18.4 Å². The molecule has 0 radical (unpaired) electrons. The quantitative estimate of drug-likeness (QED) is 0.582. The topological polar surface area (TPSA) is 43.1 Å². The Labute approximate surface area is 58.2 Å². The summed E-state index contributed by atoms with van der Waals surface area (Å²) in [6, 6.07) is 0. The Morgan fingerprint density at radius 3 is 2.60 bits per heavy atom. The summed E-state index contributed by atoms with van der Waals surface area (Å²) in [7, 11) is 0. The summed E-state index contributed by atoms with van der Waals surface area (Å²) in [5.41, 5.74) is 5.45. The second kappa shape index (κ2) is 2.64. The molecule has 1 rings (SSSR count). The third kappa shape index (κ3) is 1.43. The summed E-state index contributed by atoms with van der Waals surface area (Å²) in [4.78, 5) is 10.5. The Kier molecular flexibility index (Phi) is 1.85. The molecule has 0 aromatic heterocycles. The highest BCUT2D eigenvalue weighted by Gasteiger charge is 2.09. The van der Waals surface area contributed by atoms with Gasteiger partial charge in [0.05, 0.1) is 0 Å². The number of allylic oxidation sites excluding steroid dienone is 3. The first-order chi connectivity index (χ1) is 4.70. The molecule has 54 valence electrons. The van der Waals surface area contributed by atoms with Crippen LogP contribution in [-0.2, 0) is 4.79 Å². The maximum absolute atomic E-state index is 12.3. The summed E-state index contributed by atoms with van der Waals surface area (Å²) in [5.74, 6) is -0.645. The van der Waals surface area contributed by atoms with Gasteiger partial charge in [-0.1, -0.05) is 6.08 Å². The van der Waals surface area contributed by atoms with Gasteiger partial charge in [0.1, 0.15) is 5.83 Å². The number of hydrogen-bond donors (Lipinski definition) is 1. The van der Waals surface area contributed by atoms with Crippen LogP contribution in [-0.4, -0.2) is 5.91 Å². The van der Waals surface area contributed by atoms with Crippen molar-refractivity contribution in [2.24, 2.45) is 5.73 Å². The van der Waals surface area contributed by atoms with Crippen molar-refractivity contribution in [3.8, 4) is 0 Å². The fraction of sp³-hybridized carbons (Fsp3) is 0.286. The number of amides is 1. The lowest BCUT2D eigenvalue weighted by Crippen LogP contribution is -2.14. The van der Waals surface area contributed by atoms with E-state index in [1.165, 1.54) is 12.2 Å². The van der Waals surface area contributed by atoms with E-state index < -0.39 is 5.91 Å². The Bertz CT molecular complexity index is 218. The van der Waals surface area contributed by atoms with E-state index in [2.05, 4.69) is 0 Å². The SMILES string of the molecule is NC(=O)C1=CC=C(F)CC1. The van der Waals surface area contributed by atoms with Gasteiger partial charge in [-0.25, -0.2) is 4.39 Å². The summed E-state index contributed by atoms with van der Waals surface area (Å²) in [6.45, 7) is 0. The van der Waals surface area contributed by atoms with Crippen LogP contribution in [0.1, 0.15) is 12.8 Å². The van der Waals surface area contributed by atoms with E-state index in [0.717, 1.165) is 0 Å². The molecule has 1 aliphatic carbocycles. The summed E-state index contributed by atoms with van der Waals surface area (Å²) < 4.78 is 12.3. The molecule has 2 N–H and O–H groups in total. The minimum absolute atomic E-state index is 0.190. The average molecular weight is 141 g/mol. The number of nitrogens with two attached hydrogens (primary N) is 1. The zero-order valence-electron chi connectivity index (χ0n) is 5.43. The third-order valence-electron chi connectivity index (χ3n) is 1.42. The van der Waals surface area contributed by atoms with Gasteiger partial charge in [-0.3, -0.25) is 4.79 Å². The van der Waals surface area contributed by atoms with Crippen LogP contribution >= 0.6 is 0 Å². The van der Waals surface area contributed by atoms with Crippen LogP contribution in [0.4, 0.5) is 4.39 Å². The Morgan fingerprint density at radius 2 is 2.20 bits per heavy atom. The van der Waals surface area contributed by atoms with E-state index in [1.807, 2.05) is 0 Å². The van der Waals surface area contributed by atoms with E-state index in [4.69, 9.17) is 5.73 Å². The van der Waals surface area contributed by atoms with Crippen molar-refractivity contribution in [3.63, 3.8) is 0 Å². The number of rotatable bonds is 1. The highest BCUT2D eigenvalue weighted by atomic mass is 19.1. The number of primary amides is 1. The van der Waals surface area contributed by atoms with Crippen LogP contribution in [0, 0.1) is 0 Å². The van der Waals surface area contributed by atoms with Crippen molar-refractivity contribution in [3.05, 3.63) is 23.6 Å². The smallest absolute Gasteiger partial charge is 0.244 e. The predicted molar refractivity (Wildman–Crippen MR) is 35.7 cm³/mol. The second-order valence-electron chi connectivity index (χ2n) is 2.17. The molecular weight excluding hydrogens is 133 g/mol.